The van der Waals surface area contributed by atoms with Gasteiger partial charge in [-0.3, -0.25) is 0 Å². The second-order valence-corrected chi connectivity index (χ2v) is 8.63. The summed E-state index contributed by atoms with van der Waals surface area (Å²) in [7, 11) is 0. The second-order valence-electron chi connectivity index (χ2n) is 8.63. The van der Waals surface area contributed by atoms with Crippen molar-refractivity contribution in [2.45, 2.75) is 12.8 Å². The summed E-state index contributed by atoms with van der Waals surface area (Å²) in [5.74, 6) is 0. The molecule has 178 valence electrons. The van der Waals surface area contributed by atoms with E-state index >= 15 is 0 Å². The molecule has 36 heavy (non-hydrogen) atoms. The Bertz CT molecular complexity index is 1350. The third-order valence-corrected chi connectivity index (χ3v) is 6.12. The molecule has 0 saturated carbocycles. The van der Waals surface area contributed by atoms with Crippen molar-refractivity contribution in [2.24, 2.45) is 11.5 Å². The molecule has 0 atom stereocenters. The van der Waals surface area contributed by atoms with Crippen molar-refractivity contribution in [3.05, 3.63) is 109 Å². The van der Waals surface area contributed by atoms with Crippen molar-refractivity contribution in [3.63, 3.8) is 0 Å². The minimum atomic E-state index is 0.624. The van der Waals surface area contributed by atoms with Gasteiger partial charge in [0.25, 0.3) is 0 Å². The lowest BCUT2D eigenvalue weighted by molar-refractivity contribution is 0.969. The first-order valence-electron chi connectivity index (χ1n) is 12.1. The van der Waals surface area contributed by atoms with Crippen LogP contribution in [0.3, 0.4) is 0 Å². The maximum Gasteiger partial charge on any atom is 0.116 e. The molecule has 6 nitrogen and oxygen atoms in total. The zero-order valence-electron chi connectivity index (χ0n) is 20.0. The van der Waals surface area contributed by atoms with Crippen LogP contribution in [-0.2, 0) is 12.8 Å². The molecule has 0 aliphatic rings. The topological polar surface area (TPSA) is 104 Å². The van der Waals surface area contributed by atoms with Crippen LogP contribution in [0.5, 0.6) is 0 Å². The summed E-state index contributed by atoms with van der Waals surface area (Å²) in [6.45, 7) is 1.25. The maximum atomic E-state index is 5.72. The van der Waals surface area contributed by atoms with Gasteiger partial charge < -0.3 is 11.5 Å². The Balaban J connectivity index is 1.40. The Morgan fingerprint density at radius 3 is 1.22 bits per heavy atom. The highest BCUT2D eigenvalue weighted by Gasteiger charge is 2.08. The molecule has 4 N–H and O–H groups in total. The fourth-order valence-corrected chi connectivity index (χ4v) is 4.26. The van der Waals surface area contributed by atoms with E-state index in [0.29, 0.717) is 13.1 Å². The van der Waals surface area contributed by atoms with Gasteiger partial charge in [0.05, 0.1) is 22.8 Å². The van der Waals surface area contributed by atoms with Gasteiger partial charge in [-0.15, -0.1) is 0 Å². The van der Waals surface area contributed by atoms with Gasteiger partial charge in [0.15, 0.2) is 0 Å². The van der Waals surface area contributed by atoms with Gasteiger partial charge in [-0.2, -0.15) is 0 Å². The highest BCUT2D eigenvalue weighted by molar-refractivity contribution is 5.72. The molecule has 0 radical (unpaired) electrons. The quantitative estimate of drug-likeness (QED) is 0.332. The van der Waals surface area contributed by atoms with Crippen molar-refractivity contribution in [1.82, 2.24) is 19.9 Å². The molecule has 5 rings (SSSR count). The van der Waals surface area contributed by atoms with Gasteiger partial charge in [0.2, 0.25) is 0 Å². The summed E-state index contributed by atoms with van der Waals surface area (Å²) in [6, 6.07) is 29.0. The summed E-state index contributed by atoms with van der Waals surface area (Å²) < 4.78 is 0. The van der Waals surface area contributed by atoms with Gasteiger partial charge in [-0.25, -0.2) is 19.9 Å². The van der Waals surface area contributed by atoms with Crippen molar-refractivity contribution in [3.8, 4) is 45.0 Å². The lowest BCUT2D eigenvalue weighted by atomic mass is 10.0. The van der Waals surface area contributed by atoms with Crippen LogP contribution in [0.4, 0.5) is 0 Å². The Hall–Kier alpha value is -4.26. The molecule has 2 aromatic heterocycles. The molecule has 0 bridgehead atoms. The number of nitrogens with two attached hydrogens (primary N) is 2. The highest BCUT2D eigenvalue weighted by atomic mass is 14.8. The minimum Gasteiger partial charge on any atom is -0.330 e. The number of benzene rings is 3. The summed E-state index contributed by atoms with van der Waals surface area (Å²) in [4.78, 5) is 18.0. The van der Waals surface area contributed by atoms with Crippen LogP contribution in [0.1, 0.15) is 11.1 Å². The summed E-state index contributed by atoms with van der Waals surface area (Å²) in [5.41, 5.74) is 21.5. The molecule has 0 aliphatic carbocycles. The van der Waals surface area contributed by atoms with Crippen LogP contribution in [-0.4, -0.2) is 33.0 Å². The van der Waals surface area contributed by atoms with Gasteiger partial charge in [-0.1, -0.05) is 60.7 Å². The number of hydrogen-bond acceptors (Lipinski definition) is 6. The Kier molecular flexibility index (Phi) is 7.17. The maximum absolute atomic E-state index is 5.72. The highest BCUT2D eigenvalue weighted by Crippen LogP contribution is 2.27. The van der Waals surface area contributed by atoms with Crippen LogP contribution in [0, 0.1) is 0 Å². The second kappa shape index (κ2) is 11.0. The van der Waals surface area contributed by atoms with Gasteiger partial charge in [0.1, 0.15) is 12.7 Å². The monoisotopic (exact) mass is 472 g/mol. The Morgan fingerprint density at radius 2 is 0.833 bits per heavy atom. The van der Waals surface area contributed by atoms with Gasteiger partial charge in [0, 0.05) is 22.3 Å². The summed E-state index contributed by atoms with van der Waals surface area (Å²) in [6.07, 6.45) is 4.92. The summed E-state index contributed by atoms with van der Waals surface area (Å²) in [5, 5.41) is 0. The van der Waals surface area contributed by atoms with Crippen LogP contribution < -0.4 is 11.5 Å². The van der Waals surface area contributed by atoms with E-state index in [9.17, 15) is 0 Å². The van der Waals surface area contributed by atoms with Gasteiger partial charge >= 0.3 is 0 Å². The predicted molar refractivity (Wildman–Crippen MR) is 145 cm³/mol. The van der Waals surface area contributed by atoms with Gasteiger partial charge in [-0.05, 0) is 61.3 Å². The normalized spacial score (nSPS) is 10.9. The largest absolute Gasteiger partial charge is 0.330 e. The average Bonchev–Trinajstić information content (AvgIpc) is 2.94. The first kappa shape index (κ1) is 23.5. The molecular weight excluding hydrogens is 444 g/mol. The van der Waals surface area contributed by atoms with Crippen LogP contribution in [0.2, 0.25) is 0 Å². The van der Waals surface area contributed by atoms with E-state index in [-0.39, 0.29) is 0 Å². The molecular formula is C30H28N6. The minimum absolute atomic E-state index is 0.624. The van der Waals surface area contributed by atoms with E-state index in [1.165, 1.54) is 11.1 Å². The molecule has 0 unspecified atom stereocenters. The molecule has 2 heterocycles. The van der Waals surface area contributed by atoms with Crippen molar-refractivity contribution < 1.29 is 0 Å². The molecule has 3 aromatic carbocycles. The van der Waals surface area contributed by atoms with Crippen LogP contribution >= 0.6 is 0 Å². The third-order valence-electron chi connectivity index (χ3n) is 6.12. The predicted octanol–water partition coefficient (Wildman–Crippen LogP) is 4.94. The average molecular weight is 473 g/mol. The SMILES string of the molecule is NCCc1cccc(-c2cc(-c3ccc(-c4cc(-c5cccc(CCN)c5)ncn4)cc3)ncn2)c1. The fraction of sp³-hybridized carbons (Fsp3) is 0.133. The fourth-order valence-electron chi connectivity index (χ4n) is 4.26. The van der Waals surface area contributed by atoms with Crippen molar-refractivity contribution in [2.75, 3.05) is 13.1 Å². The number of nitrogens with zero attached hydrogens (tertiary/aromatic N) is 4. The number of aromatic nitrogens is 4. The number of hydrogen-bond donors (Lipinski definition) is 2. The molecule has 6 heteroatoms. The zero-order valence-corrected chi connectivity index (χ0v) is 20.0. The smallest absolute Gasteiger partial charge is 0.116 e. The molecule has 5 aromatic rings. The molecule has 0 spiro atoms. The molecule has 0 aliphatic heterocycles. The van der Waals surface area contributed by atoms with E-state index in [4.69, 9.17) is 11.5 Å². The third kappa shape index (κ3) is 5.35. The number of rotatable bonds is 8. The Morgan fingerprint density at radius 1 is 0.444 bits per heavy atom. The van der Waals surface area contributed by atoms with Crippen molar-refractivity contribution in [1.29, 1.82) is 0 Å². The van der Waals surface area contributed by atoms with Crippen LogP contribution in [0.25, 0.3) is 45.0 Å². The van der Waals surface area contributed by atoms with Crippen LogP contribution in [0.15, 0.2) is 97.6 Å². The first-order valence-corrected chi connectivity index (χ1v) is 12.1. The molecule has 0 saturated heterocycles. The standard InChI is InChI=1S/C30H28N6/c31-13-11-21-3-1-5-25(15-21)29-17-27(33-19-35-29)23-7-9-24(10-8-23)28-18-30(36-20-34-28)26-6-2-4-22(16-26)12-14-32/h1-10,15-20H,11-14,31-32H2. The molecule has 0 fully saturated rings. The van der Waals surface area contributed by atoms with E-state index in [0.717, 1.165) is 57.9 Å². The van der Waals surface area contributed by atoms with Crippen molar-refractivity contribution >= 4 is 0 Å². The lowest BCUT2D eigenvalue weighted by Crippen LogP contribution is -2.02. The van der Waals surface area contributed by atoms with E-state index < -0.39 is 0 Å². The Labute approximate surface area is 211 Å². The summed E-state index contributed by atoms with van der Waals surface area (Å²) >= 11 is 0. The van der Waals surface area contributed by atoms with E-state index in [1.807, 2.05) is 24.3 Å². The first-order chi connectivity index (χ1) is 17.7. The van der Waals surface area contributed by atoms with E-state index in [2.05, 4.69) is 80.6 Å². The lowest BCUT2D eigenvalue weighted by Gasteiger charge is -2.08. The van der Waals surface area contributed by atoms with E-state index in [1.54, 1.807) is 12.7 Å². The zero-order chi connectivity index (χ0) is 24.7. The molecule has 0 amide bonds.